The standard InChI is InChI=1S/C63H39NS/c1-2-12-42-35-44(22-21-40(42)11-1)47-26-25-45-36-43(23-24-46(45)37-47)41-27-29-48(30-28-41)64(49-32-34-62-56(38-49)55-16-6-10-20-61(55)65-62)50-31-33-54-53-15-5-9-19-59(53)63(60(54)39-50)57-17-7-3-13-51(57)52-14-4-8-18-58(52)63/h1-39H. The molecule has 0 radical (unpaired) electrons. The van der Waals surface area contributed by atoms with Gasteiger partial charge in [-0.15, -0.1) is 11.3 Å². The zero-order valence-electron chi connectivity index (χ0n) is 35.4. The van der Waals surface area contributed by atoms with Gasteiger partial charge in [-0.2, -0.15) is 0 Å². The minimum atomic E-state index is -0.426. The van der Waals surface area contributed by atoms with Gasteiger partial charge in [-0.3, -0.25) is 0 Å². The molecular formula is C63H39NS. The fourth-order valence-corrected chi connectivity index (χ4v) is 12.4. The van der Waals surface area contributed by atoms with E-state index in [9.17, 15) is 0 Å². The van der Waals surface area contributed by atoms with Crippen LogP contribution in [0.5, 0.6) is 0 Å². The number of hydrogen-bond donors (Lipinski definition) is 0. The van der Waals surface area contributed by atoms with Crippen LogP contribution in [0.4, 0.5) is 17.1 Å². The van der Waals surface area contributed by atoms with Gasteiger partial charge in [0.2, 0.25) is 0 Å². The minimum Gasteiger partial charge on any atom is -0.310 e. The second-order valence-electron chi connectivity index (χ2n) is 17.6. The zero-order chi connectivity index (χ0) is 42.6. The van der Waals surface area contributed by atoms with E-state index < -0.39 is 5.41 Å². The first-order valence-electron chi connectivity index (χ1n) is 22.5. The average Bonchev–Trinajstić information content (AvgIpc) is 4.00. The number of benzene rings is 11. The predicted molar refractivity (Wildman–Crippen MR) is 276 cm³/mol. The van der Waals surface area contributed by atoms with E-state index in [0.29, 0.717) is 0 Å². The maximum atomic E-state index is 2.49. The Hall–Kier alpha value is -8.04. The molecule has 1 heterocycles. The largest absolute Gasteiger partial charge is 0.310 e. The molecule has 2 aliphatic rings. The minimum absolute atomic E-state index is 0.426. The summed E-state index contributed by atoms with van der Waals surface area (Å²) in [6, 6.07) is 88.4. The molecule has 0 saturated carbocycles. The molecule has 65 heavy (non-hydrogen) atoms. The van der Waals surface area contributed by atoms with Crippen molar-refractivity contribution < 1.29 is 0 Å². The normalized spacial score (nSPS) is 13.0. The fourth-order valence-electron chi connectivity index (χ4n) is 11.3. The van der Waals surface area contributed by atoms with Crippen LogP contribution in [0.1, 0.15) is 22.3 Å². The highest BCUT2D eigenvalue weighted by Gasteiger charge is 2.51. The summed E-state index contributed by atoms with van der Waals surface area (Å²) < 4.78 is 2.61. The van der Waals surface area contributed by atoms with Crippen LogP contribution in [0.3, 0.4) is 0 Å². The second-order valence-corrected chi connectivity index (χ2v) is 18.7. The molecule has 11 aromatic carbocycles. The lowest BCUT2D eigenvalue weighted by atomic mass is 9.70. The van der Waals surface area contributed by atoms with Crippen molar-refractivity contribution in [2.24, 2.45) is 0 Å². The smallest absolute Gasteiger partial charge is 0.0726 e. The maximum Gasteiger partial charge on any atom is 0.0726 e. The predicted octanol–water partition coefficient (Wildman–Crippen LogP) is 17.5. The number of rotatable bonds is 5. The molecule has 2 aliphatic carbocycles. The molecule has 0 saturated heterocycles. The first-order valence-corrected chi connectivity index (χ1v) is 23.3. The summed E-state index contributed by atoms with van der Waals surface area (Å²) in [6.45, 7) is 0. The van der Waals surface area contributed by atoms with Crippen LogP contribution in [0, 0.1) is 0 Å². The number of anilines is 3. The highest BCUT2D eigenvalue weighted by molar-refractivity contribution is 7.25. The summed E-state index contributed by atoms with van der Waals surface area (Å²) in [7, 11) is 0. The number of thiophene rings is 1. The van der Waals surface area contributed by atoms with E-state index in [-0.39, 0.29) is 0 Å². The van der Waals surface area contributed by atoms with Crippen molar-refractivity contribution in [3.05, 3.63) is 259 Å². The van der Waals surface area contributed by atoms with E-state index in [1.165, 1.54) is 108 Å². The summed E-state index contributed by atoms with van der Waals surface area (Å²) in [5.41, 5.74) is 18.5. The van der Waals surface area contributed by atoms with Crippen LogP contribution in [-0.4, -0.2) is 0 Å². The highest BCUT2D eigenvalue weighted by atomic mass is 32.1. The Morgan fingerprint density at radius 2 is 0.723 bits per heavy atom. The first kappa shape index (κ1) is 36.4. The van der Waals surface area contributed by atoms with E-state index in [1.54, 1.807) is 0 Å². The van der Waals surface area contributed by atoms with Crippen LogP contribution in [0.15, 0.2) is 237 Å². The van der Waals surface area contributed by atoms with Gasteiger partial charge in [-0.05, 0) is 155 Å². The lowest BCUT2D eigenvalue weighted by Crippen LogP contribution is -2.26. The quantitative estimate of drug-likeness (QED) is 0.167. The maximum absolute atomic E-state index is 2.49. The van der Waals surface area contributed by atoms with Crippen molar-refractivity contribution >= 4 is 70.1 Å². The lowest BCUT2D eigenvalue weighted by molar-refractivity contribution is 0.793. The van der Waals surface area contributed by atoms with Crippen LogP contribution in [-0.2, 0) is 5.41 Å². The van der Waals surface area contributed by atoms with Crippen LogP contribution in [0.25, 0.3) is 86.2 Å². The van der Waals surface area contributed by atoms with Crippen molar-refractivity contribution in [1.29, 1.82) is 0 Å². The fraction of sp³-hybridized carbons (Fsp3) is 0.0159. The van der Waals surface area contributed by atoms with Gasteiger partial charge in [-0.1, -0.05) is 170 Å². The highest BCUT2D eigenvalue weighted by Crippen LogP contribution is 2.63. The van der Waals surface area contributed by atoms with Crippen molar-refractivity contribution in [2.45, 2.75) is 5.41 Å². The molecular weight excluding hydrogens is 803 g/mol. The lowest BCUT2D eigenvalue weighted by Gasteiger charge is -2.32. The van der Waals surface area contributed by atoms with Gasteiger partial charge in [-0.25, -0.2) is 0 Å². The van der Waals surface area contributed by atoms with Crippen molar-refractivity contribution in [2.75, 3.05) is 4.90 Å². The summed E-state index contributed by atoms with van der Waals surface area (Å²) >= 11 is 1.86. The first-order chi connectivity index (χ1) is 32.2. The van der Waals surface area contributed by atoms with E-state index in [0.717, 1.165) is 17.1 Å². The van der Waals surface area contributed by atoms with Crippen LogP contribution in [0.2, 0.25) is 0 Å². The molecule has 2 heteroatoms. The van der Waals surface area contributed by atoms with E-state index in [4.69, 9.17) is 0 Å². The number of nitrogens with zero attached hydrogens (tertiary/aromatic N) is 1. The van der Waals surface area contributed by atoms with Gasteiger partial charge >= 0.3 is 0 Å². The molecule has 1 spiro atoms. The SMILES string of the molecule is c1ccc2c(c1)-c1ccccc1C21c2ccccc2-c2ccc(N(c3ccc(-c4ccc5cc(-c6ccc7ccccc7c6)ccc5c4)cc3)c3ccc4sc5ccccc5c4c3)cc21. The molecule has 12 aromatic rings. The molecule has 0 bridgehead atoms. The number of fused-ring (bicyclic) bond motifs is 15. The molecule has 0 unspecified atom stereocenters. The van der Waals surface area contributed by atoms with Gasteiger partial charge in [0, 0.05) is 37.2 Å². The third-order valence-corrected chi connectivity index (χ3v) is 15.4. The molecule has 0 atom stereocenters. The van der Waals surface area contributed by atoms with Crippen molar-refractivity contribution in [1.82, 2.24) is 0 Å². The summed E-state index contributed by atoms with van der Waals surface area (Å²) in [4.78, 5) is 2.47. The molecule has 302 valence electrons. The Bertz CT molecular complexity index is 3850. The zero-order valence-corrected chi connectivity index (χ0v) is 36.2. The average molecular weight is 842 g/mol. The third-order valence-electron chi connectivity index (χ3n) is 14.2. The summed E-state index contributed by atoms with van der Waals surface area (Å²) in [5, 5.41) is 7.58. The molecule has 0 N–H and O–H groups in total. The van der Waals surface area contributed by atoms with Crippen LogP contribution >= 0.6 is 11.3 Å². The monoisotopic (exact) mass is 841 g/mol. The number of hydrogen-bond acceptors (Lipinski definition) is 2. The molecule has 0 fully saturated rings. The van der Waals surface area contributed by atoms with Gasteiger partial charge in [0.25, 0.3) is 0 Å². The molecule has 0 aliphatic heterocycles. The molecule has 1 aromatic heterocycles. The van der Waals surface area contributed by atoms with E-state index in [1.807, 2.05) is 11.3 Å². The summed E-state index contributed by atoms with van der Waals surface area (Å²) in [5.74, 6) is 0. The van der Waals surface area contributed by atoms with Crippen LogP contribution < -0.4 is 4.90 Å². The van der Waals surface area contributed by atoms with E-state index in [2.05, 4.69) is 241 Å². The molecule has 0 amide bonds. The van der Waals surface area contributed by atoms with Crippen molar-refractivity contribution in [3.8, 4) is 44.5 Å². The Morgan fingerprint density at radius 1 is 0.277 bits per heavy atom. The Morgan fingerprint density at radius 3 is 1.38 bits per heavy atom. The van der Waals surface area contributed by atoms with Crippen molar-refractivity contribution in [3.63, 3.8) is 0 Å². The van der Waals surface area contributed by atoms with E-state index >= 15 is 0 Å². The Balaban J connectivity index is 0.906. The Labute approximate surface area is 381 Å². The topological polar surface area (TPSA) is 3.24 Å². The van der Waals surface area contributed by atoms with Gasteiger partial charge in [0.1, 0.15) is 0 Å². The van der Waals surface area contributed by atoms with Gasteiger partial charge in [0.05, 0.1) is 5.41 Å². The van der Waals surface area contributed by atoms with Gasteiger partial charge in [0.15, 0.2) is 0 Å². The Kier molecular flexibility index (Phi) is 7.84. The molecule has 1 nitrogen and oxygen atoms in total. The van der Waals surface area contributed by atoms with Gasteiger partial charge < -0.3 is 4.90 Å². The summed E-state index contributed by atoms with van der Waals surface area (Å²) in [6.07, 6.45) is 0. The molecule has 14 rings (SSSR count). The third kappa shape index (κ3) is 5.38. The second kappa shape index (κ2) is 14.0.